The SMILES string of the molecule is COc1cccc(CNC(=O)C(NC(C)=O)C(C)C)c1OC. The monoisotopic (exact) mass is 308 g/mol. The van der Waals surface area contributed by atoms with Crippen LogP contribution in [0.4, 0.5) is 0 Å². The van der Waals surface area contributed by atoms with Crippen molar-refractivity contribution in [3.05, 3.63) is 23.8 Å². The van der Waals surface area contributed by atoms with E-state index < -0.39 is 6.04 Å². The van der Waals surface area contributed by atoms with Crippen molar-refractivity contribution in [1.82, 2.24) is 10.6 Å². The molecule has 0 fully saturated rings. The fraction of sp³-hybridized carbons (Fsp3) is 0.500. The number of methoxy groups -OCH3 is 2. The Labute approximate surface area is 131 Å². The second-order valence-electron chi connectivity index (χ2n) is 5.29. The van der Waals surface area contributed by atoms with Crippen molar-refractivity contribution in [1.29, 1.82) is 0 Å². The zero-order chi connectivity index (χ0) is 16.7. The predicted molar refractivity (Wildman–Crippen MR) is 83.8 cm³/mol. The highest BCUT2D eigenvalue weighted by Crippen LogP contribution is 2.30. The minimum absolute atomic E-state index is 0.00361. The molecule has 0 radical (unpaired) electrons. The van der Waals surface area contributed by atoms with Gasteiger partial charge in [0.15, 0.2) is 11.5 Å². The van der Waals surface area contributed by atoms with E-state index in [9.17, 15) is 9.59 Å². The third kappa shape index (κ3) is 4.65. The van der Waals surface area contributed by atoms with Crippen molar-refractivity contribution in [2.75, 3.05) is 14.2 Å². The second kappa shape index (κ2) is 8.26. The number of carbonyl (C=O) groups is 2. The lowest BCUT2D eigenvalue weighted by Crippen LogP contribution is -2.48. The van der Waals surface area contributed by atoms with Crippen molar-refractivity contribution in [3.8, 4) is 11.5 Å². The van der Waals surface area contributed by atoms with Crippen molar-refractivity contribution in [2.45, 2.75) is 33.4 Å². The molecule has 122 valence electrons. The van der Waals surface area contributed by atoms with E-state index in [2.05, 4.69) is 10.6 Å². The highest BCUT2D eigenvalue weighted by molar-refractivity contribution is 5.87. The summed E-state index contributed by atoms with van der Waals surface area (Å²) in [5.74, 6) is 0.737. The summed E-state index contributed by atoms with van der Waals surface area (Å²) < 4.78 is 10.6. The molecule has 1 atom stereocenters. The number of hydrogen-bond acceptors (Lipinski definition) is 4. The van der Waals surface area contributed by atoms with Crippen LogP contribution in [0.25, 0.3) is 0 Å². The number of hydrogen-bond donors (Lipinski definition) is 2. The van der Waals surface area contributed by atoms with Gasteiger partial charge in [0.2, 0.25) is 11.8 Å². The predicted octanol–water partition coefficient (Wildman–Crippen LogP) is 1.48. The van der Waals surface area contributed by atoms with Gasteiger partial charge in [0.25, 0.3) is 0 Å². The summed E-state index contributed by atoms with van der Waals surface area (Å²) in [6.07, 6.45) is 0. The van der Waals surface area contributed by atoms with E-state index in [4.69, 9.17) is 9.47 Å². The van der Waals surface area contributed by atoms with Gasteiger partial charge in [0.05, 0.1) is 14.2 Å². The van der Waals surface area contributed by atoms with Gasteiger partial charge >= 0.3 is 0 Å². The minimum atomic E-state index is -0.561. The average molecular weight is 308 g/mol. The number of amides is 2. The maximum atomic E-state index is 12.2. The first kappa shape index (κ1) is 17.8. The fourth-order valence-electron chi connectivity index (χ4n) is 2.14. The first-order valence-corrected chi connectivity index (χ1v) is 7.15. The zero-order valence-electron chi connectivity index (χ0n) is 13.7. The van der Waals surface area contributed by atoms with Crippen LogP contribution in [0.2, 0.25) is 0 Å². The Hall–Kier alpha value is -2.24. The maximum Gasteiger partial charge on any atom is 0.243 e. The van der Waals surface area contributed by atoms with Crippen LogP contribution in [0.1, 0.15) is 26.3 Å². The Balaban J connectivity index is 2.80. The van der Waals surface area contributed by atoms with E-state index in [0.717, 1.165) is 5.56 Å². The summed E-state index contributed by atoms with van der Waals surface area (Å²) in [4.78, 5) is 23.4. The van der Waals surface area contributed by atoms with Crippen molar-refractivity contribution in [2.24, 2.45) is 5.92 Å². The third-order valence-electron chi connectivity index (χ3n) is 3.25. The zero-order valence-corrected chi connectivity index (χ0v) is 13.7. The molecule has 1 aromatic carbocycles. The Morgan fingerprint density at radius 2 is 1.86 bits per heavy atom. The van der Waals surface area contributed by atoms with Gasteiger partial charge in [-0.1, -0.05) is 26.0 Å². The molecule has 6 heteroatoms. The number of nitrogens with one attached hydrogen (secondary N) is 2. The topological polar surface area (TPSA) is 76.7 Å². The molecule has 6 nitrogen and oxygen atoms in total. The van der Waals surface area contributed by atoms with E-state index in [0.29, 0.717) is 18.0 Å². The summed E-state index contributed by atoms with van der Waals surface area (Å²) in [5.41, 5.74) is 0.806. The Morgan fingerprint density at radius 3 is 2.36 bits per heavy atom. The molecule has 2 N–H and O–H groups in total. The second-order valence-corrected chi connectivity index (χ2v) is 5.29. The molecule has 0 aliphatic rings. The lowest BCUT2D eigenvalue weighted by molar-refractivity contribution is -0.129. The largest absolute Gasteiger partial charge is 0.493 e. The lowest BCUT2D eigenvalue weighted by atomic mass is 10.0. The van der Waals surface area contributed by atoms with Gasteiger partial charge in [0, 0.05) is 19.0 Å². The van der Waals surface area contributed by atoms with Gasteiger partial charge in [-0.2, -0.15) is 0 Å². The summed E-state index contributed by atoms with van der Waals surface area (Å²) in [5, 5.41) is 5.48. The molecule has 2 amide bonds. The van der Waals surface area contributed by atoms with Gasteiger partial charge in [-0.05, 0) is 12.0 Å². The molecule has 0 aliphatic heterocycles. The number of carbonyl (C=O) groups excluding carboxylic acids is 2. The van der Waals surface area contributed by atoms with E-state index in [1.54, 1.807) is 20.3 Å². The molecule has 0 bridgehead atoms. The lowest BCUT2D eigenvalue weighted by Gasteiger charge is -2.21. The van der Waals surface area contributed by atoms with Crippen LogP contribution in [0, 0.1) is 5.92 Å². The van der Waals surface area contributed by atoms with E-state index in [1.165, 1.54) is 6.92 Å². The molecule has 0 aromatic heterocycles. The van der Waals surface area contributed by atoms with Crippen molar-refractivity contribution < 1.29 is 19.1 Å². The normalized spacial score (nSPS) is 11.7. The van der Waals surface area contributed by atoms with Gasteiger partial charge in [-0.15, -0.1) is 0 Å². The molecule has 0 saturated carbocycles. The molecule has 0 heterocycles. The van der Waals surface area contributed by atoms with Gasteiger partial charge < -0.3 is 20.1 Å². The highest BCUT2D eigenvalue weighted by atomic mass is 16.5. The standard InChI is InChI=1S/C16H24N2O4/c1-10(2)14(18-11(3)19)16(20)17-9-12-7-6-8-13(21-4)15(12)22-5/h6-8,10,14H,9H2,1-5H3,(H,17,20)(H,18,19). The molecular formula is C16H24N2O4. The molecular weight excluding hydrogens is 284 g/mol. The number of benzene rings is 1. The first-order chi connectivity index (χ1) is 10.4. The van der Waals surface area contributed by atoms with Crippen molar-refractivity contribution in [3.63, 3.8) is 0 Å². The summed E-state index contributed by atoms with van der Waals surface area (Å²) in [6, 6.07) is 4.91. The molecule has 1 aromatic rings. The molecule has 0 spiro atoms. The van der Waals surface area contributed by atoms with E-state index in [1.807, 2.05) is 26.0 Å². The number of ether oxygens (including phenoxy) is 2. The van der Waals surface area contributed by atoms with Crippen molar-refractivity contribution >= 4 is 11.8 Å². The summed E-state index contributed by atoms with van der Waals surface area (Å²) >= 11 is 0. The number of rotatable bonds is 7. The van der Waals surface area contributed by atoms with Gasteiger partial charge in [-0.3, -0.25) is 9.59 Å². The average Bonchev–Trinajstić information content (AvgIpc) is 2.49. The Kier molecular flexibility index (Phi) is 6.69. The molecule has 0 aliphatic carbocycles. The fourth-order valence-corrected chi connectivity index (χ4v) is 2.14. The van der Waals surface area contributed by atoms with Crippen LogP contribution >= 0.6 is 0 Å². The van der Waals surface area contributed by atoms with Crippen LogP contribution < -0.4 is 20.1 Å². The maximum absolute atomic E-state index is 12.2. The minimum Gasteiger partial charge on any atom is -0.493 e. The van der Waals surface area contributed by atoms with E-state index in [-0.39, 0.29) is 17.7 Å². The Morgan fingerprint density at radius 1 is 1.18 bits per heavy atom. The van der Waals surface area contributed by atoms with Crippen LogP contribution in [-0.4, -0.2) is 32.1 Å². The van der Waals surface area contributed by atoms with Gasteiger partial charge in [-0.25, -0.2) is 0 Å². The molecule has 1 rings (SSSR count). The van der Waals surface area contributed by atoms with E-state index >= 15 is 0 Å². The van der Waals surface area contributed by atoms with Crippen LogP contribution in [-0.2, 0) is 16.1 Å². The smallest absolute Gasteiger partial charge is 0.243 e. The summed E-state index contributed by atoms with van der Waals surface area (Å²) in [7, 11) is 3.11. The third-order valence-corrected chi connectivity index (χ3v) is 3.25. The highest BCUT2D eigenvalue weighted by Gasteiger charge is 2.23. The van der Waals surface area contributed by atoms with Gasteiger partial charge in [0.1, 0.15) is 6.04 Å². The first-order valence-electron chi connectivity index (χ1n) is 7.15. The van der Waals surface area contributed by atoms with Crippen LogP contribution in [0.3, 0.4) is 0 Å². The Bertz CT molecular complexity index is 529. The quantitative estimate of drug-likeness (QED) is 0.800. The summed E-state index contributed by atoms with van der Waals surface area (Å²) in [6.45, 7) is 5.45. The molecule has 22 heavy (non-hydrogen) atoms. The van der Waals surface area contributed by atoms with Crippen LogP contribution in [0.15, 0.2) is 18.2 Å². The molecule has 1 unspecified atom stereocenters. The van der Waals surface area contributed by atoms with Crippen LogP contribution in [0.5, 0.6) is 11.5 Å². The molecule has 0 saturated heterocycles. The number of para-hydroxylation sites is 1.